The number of carbonyl (C=O) groups is 1. The molecule has 0 spiro atoms. The van der Waals surface area contributed by atoms with Crippen molar-refractivity contribution in [1.82, 2.24) is 0 Å². The lowest BCUT2D eigenvalue weighted by molar-refractivity contribution is -0.384. The minimum Gasteiger partial charge on any atom is -0.466 e. The zero-order chi connectivity index (χ0) is 15.9. The molecule has 0 aliphatic carbocycles. The summed E-state index contributed by atoms with van der Waals surface area (Å²) < 4.78 is 4.80. The molecule has 2 aromatic carbocycles. The predicted molar refractivity (Wildman–Crippen MR) is 83.2 cm³/mol. The van der Waals surface area contributed by atoms with Crippen molar-refractivity contribution in [2.24, 2.45) is 0 Å². The van der Waals surface area contributed by atoms with Crippen LogP contribution in [0.1, 0.15) is 11.1 Å². The minimum absolute atomic E-state index is 0.0137. The lowest BCUT2D eigenvalue weighted by Crippen LogP contribution is -2.07. The van der Waals surface area contributed by atoms with Gasteiger partial charge >= 0.3 is 5.97 Å². The van der Waals surface area contributed by atoms with Crippen LogP contribution >= 0.6 is 0 Å². The van der Waals surface area contributed by atoms with E-state index in [0.29, 0.717) is 17.6 Å². The Hall–Kier alpha value is -2.95. The van der Waals surface area contributed by atoms with Crippen molar-refractivity contribution in [3.05, 3.63) is 81.4 Å². The SMILES string of the molecule is COC(=O)/C(=C/c1ccc([N+](=O)[O-])cc1)Cc1ccccc1. The fourth-order valence-electron chi connectivity index (χ4n) is 2.02. The van der Waals surface area contributed by atoms with Crippen LogP contribution < -0.4 is 0 Å². The molecule has 0 radical (unpaired) electrons. The Morgan fingerprint density at radius 2 is 1.77 bits per heavy atom. The van der Waals surface area contributed by atoms with E-state index in [4.69, 9.17) is 4.74 Å². The van der Waals surface area contributed by atoms with Crippen molar-refractivity contribution in [2.75, 3.05) is 7.11 Å². The average Bonchev–Trinajstić information content (AvgIpc) is 2.55. The molecule has 5 heteroatoms. The Labute approximate surface area is 128 Å². The van der Waals surface area contributed by atoms with Gasteiger partial charge in [0, 0.05) is 24.1 Å². The molecule has 0 fully saturated rings. The highest BCUT2D eigenvalue weighted by molar-refractivity contribution is 5.94. The molecule has 0 atom stereocenters. The molecule has 0 amide bonds. The van der Waals surface area contributed by atoms with Gasteiger partial charge in [-0.05, 0) is 29.3 Å². The summed E-state index contributed by atoms with van der Waals surface area (Å²) in [7, 11) is 1.33. The van der Waals surface area contributed by atoms with E-state index in [1.165, 1.54) is 19.2 Å². The summed E-state index contributed by atoms with van der Waals surface area (Å²) in [6.07, 6.45) is 2.12. The molecule has 2 rings (SSSR count). The molecule has 0 unspecified atom stereocenters. The minimum atomic E-state index is -0.460. The van der Waals surface area contributed by atoms with Gasteiger partial charge in [-0.2, -0.15) is 0 Å². The lowest BCUT2D eigenvalue weighted by Gasteiger charge is -2.06. The highest BCUT2D eigenvalue weighted by Crippen LogP contribution is 2.17. The molecule has 22 heavy (non-hydrogen) atoms. The largest absolute Gasteiger partial charge is 0.466 e. The van der Waals surface area contributed by atoms with Crippen LogP contribution in [0.5, 0.6) is 0 Å². The van der Waals surface area contributed by atoms with Crippen LogP contribution in [-0.2, 0) is 16.0 Å². The third-order valence-corrected chi connectivity index (χ3v) is 3.13. The Balaban J connectivity index is 2.28. The van der Waals surface area contributed by atoms with Crippen molar-refractivity contribution in [3.63, 3.8) is 0 Å². The molecule has 112 valence electrons. The molecule has 0 saturated heterocycles. The number of methoxy groups -OCH3 is 1. The molecule has 0 heterocycles. The highest BCUT2D eigenvalue weighted by atomic mass is 16.6. The Bertz CT molecular complexity index is 690. The number of nitrogens with zero attached hydrogens (tertiary/aromatic N) is 1. The summed E-state index contributed by atoms with van der Waals surface area (Å²) in [6, 6.07) is 15.6. The van der Waals surface area contributed by atoms with E-state index in [0.717, 1.165) is 5.56 Å². The number of nitro groups is 1. The van der Waals surface area contributed by atoms with Crippen molar-refractivity contribution in [3.8, 4) is 0 Å². The summed E-state index contributed by atoms with van der Waals surface area (Å²) in [5.74, 6) is -0.415. The number of non-ortho nitro benzene ring substituents is 1. The number of carbonyl (C=O) groups excluding carboxylic acids is 1. The van der Waals surface area contributed by atoms with E-state index in [2.05, 4.69) is 0 Å². The second-order valence-corrected chi connectivity index (χ2v) is 4.67. The van der Waals surface area contributed by atoms with Crippen LogP contribution in [0.3, 0.4) is 0 Å². The van der Waals surface area contributed by atoms with Crippen molar-refractivity contribution in [2.45, 2.75) is 6.42 Å². The maximum Gasteiger partial charge on any atom is 0.334 e. The van der Waals surface area contributed by atoms with Gasteiger partial charge in [0.05, 0.1) is 12.0 Å². The van der Waals surface area contributed by atoms with E-state index in [1.54, 1.807) is 18.2 Å². The normalized spacial score (nSPS) is 11.0. The van der Waals surface area contributed by atoms with Gasteiger partial charge in [0.25, 0.3) is 5.69 Å². The molecule has 0 aliphatic rings. The third kappa shape index (κ3) is 4.02. The molecule has 0 bridgehead atoms. The molecule has 0 aromatic heterocycles. The number of hydrogen-bond donors (Lipinski definition) is 0. The van der Waals surface area contributed by atoms with E-state index in [1.807, 2.05) is 30.3 Å². The van der Waals surface area contributed by atoms with Gasteiger partial charge in [0.2, 0.25) is 0 Å². The lowest BCUT2D eigenvalue weighted by atomic mass is 10.0. The van der Waals surface area contributed by atoms with Gasteiger partial charge in [0.1, 0.15) is 0 Å². The van der Waals surface area contributed by atoms with Crippen LogP contribution in [0.15, 0.2) is 60.2 Å². The van der Waals surface area contributed by atoms with Crippen LogP contribution in [0, 0.1) is 10.1 Å². The monoisotopic (exact) mass is 297 g/mol. The summed E-state index contributed by atoms with van der Waals surface area (Å²) >= 11 is 0. The Morgan fingerprint density at radius 1 is 1.14 bits per heavy atom. The Kier molecular flexibility index (Phi) is 5.03. The maximum atomic E-state index is 11.9. The molecule has 0 saturated carbocycles. The highest BCUT2D eigenvalue weighted by Gasteiger charge is 2.11. The zero-order valence-corrected chi connectivity index (χ0v) is 12.1. The summed E-state index contributed by atoms with van der Waals surface area (Å²) in [5.41, 5.74) is 2.20. The first-order valence-corrected chi connectivity index (χ1v) is 6.67. The molecular weight excluding hydrogens is 282 g/mol. The van der Waals surface area contributed by atoms with E-state index in [-0.39, 0.29) is 5.69 Å². The molecule has 0 N–H and O–H groups in total. The first kappa shape index (κ1) is 15.4. The van der Waals surface area contributed by atoms with E-state index >= 15 is 0 Å². The second kappa shape index (κ2) is 7.17. The van der Waals surface area contributed by atoms with Crippen LogP contribution in [0.25, 0.3) is 6.08 Å². The predicted octanol–water partition coefficient (Wildman–Crippen LogP) is 3.39. The van der Waals surface area contributed by atoms with Gasteiger partial charge in [-0.15, -0.1) is 0 Å². The van der Waals surface area contributed by atoms with Crippen LogP contribution in [0.4, 0.5) is 5.69 Å². The first-order chi connectivity index (χ1) is 10.6. The molecule has 5 nitrogen and oxygen atoms in total. The summed E-state index contributed by atoms with van der Waals surface area (Å²) in [6.45, 7) is 0. The van der Waals surface area contributed by atoms with Crippen LogP contribution in [0.2, 0.25) is 0 Å². The van der Waals surface area contributed by atoms with Gasteiger partial charge in [-0.25, -0.2) is 4.79 Å². The molecular formula is C17H15NO4. The second-order valence-electron chi connectivity index (χ2n) is 4.67. The van der Waals surface area contributed by atoms with Gasteiger partial charge in [-0.1, -0.05) is 30.3 Å². The quantitative estimate of drug-likeness (QED) is 0.367. The van der Waals surface area contributed by atoms with E-state index in [9.17, 15) is 14.9 Å². The number of esters is 1. The number of ether oxygens (including phenoxy) is 1. The van der Waals surface area contributed by atoms with Crippen molar-refractivity contribution >= 4 is 17.7 Å². The smallest absolute Gasteiger partial charge is 0.334 e. The molecule has 0 aliphatic heterocycles. The van der Waals surface area contributed by atoms with Crippen LogP contribution in [-0.4, -0.2) is 18.0 Å². The van der Waals surface area contributed by atoms with E-state index < -0.39 is 10.9 Å². The first-order valence-electron chi connectivity index (χ1n) is 6.67. The molecule has 2 aromatic rings. The van der Waals surface area contributed by atoms with Crippen molar-refractivity contribution in [1.29, 1.82) is 0 Å². The topological polar surface area (TPSA) is 69.4 Å². The summed E-state index contributed by atoms with van der Waals surface area (Å²) in [4.78, 5) is 22.1. The standard InChI is InChI=1S/C17H15NO4/c1-22-17(19)15(11-13-5-3-2-4-6-13)12-14-7-9-16(10-8-14)18(20)21/h2-10,12H,11H2,1H3/b15-12+. The number of benzene rings is 2. The number of nitro benzene ring substituents is 1. The zero-order valence-electron chi connectivity index (χ0n) is 12.1. The Morgan fingerprint density at radius 3 is 2.32 bits per heavy atom. The van der Waals surface area contributed by atoms with Gasteiger partial charge < -0.3 is 4.74 Å². The number of hydrogen-bond acceptors (Lipinski definition) is 4. The maximum absolute atomic E-state index is 11.9. The van der Waals surface area contributed by atoms with Gasteiger partial charge in [0.15, 0.2) is 0 Å². The fourth-order valence-corrected chi connectivity index (χ4v) is 2.02. The van der Waals surface area contributed by atoms with Gasteiger partial charge in [-0.3, -0.25) is 10.1 Å². The third-order valence-electron chi connectivity index (χ3n) is 3.13. The number of rotatable bonds is 5. The average molecular weight is 297 g/mol. The fraction of sp³-hybridized carbons (Fsp3) is 0.118. The summed E-state index contributed by atoms with van der Waals surface area (Å²) in [5, 5.41) is 10.6. The van der Waals surface area contributed by atoms with Crippen molar-refractivity contribution < 1.29 is 14.5 Å².